The standard InChI is InChI=1S/C30H35NO6/c1-16(2)30(4)15-19-13-22-21(11-10-20(19)26(30)29(33)37-8)25-18(9-12-23(22)31-17(3)32)14-24(34-5)27(35-6)28(25)36-7/h10-11,13-14,23H,1,9,12,15H2,2-8H3,(H,31,32). The van der Waals surface area contributed by atoms with E-state index in [4.69, 9.17) is 18.9 Å². The van der Waals surface area contributed by atoms with Gasteiger partial charge in [0.2, 0.25) is 11.7 Å². The number of carbonyl (C=O) groups excluding carboxylic acids is 2. The third-order valence-electron chi connectivity index (χ3n) is 7.74. The fourth-order valence-corrected chi connectivity index (χ4v) is 5.74. The smallest absolute Gasteiger partial charge is 0.335 e. The summed E-state index contributed by atoms with van der Waals surface area (Å²) in [5.74, 6) is 1.17. The van der Waals surface area contributed by atoms with Crippen LogP contribution in [0, 0.1) is 5.41 Å². The lowest BCUT2D eigenvalue weighted by Gasteiger charge is -2.27. The van der Waals surface area contributed by atoms with Crippen LogP contribution >= 0.6 is 0 Å². The fraction of sp³-hybridized carbons (Fsp3) is 0.400. The van der Waals surface area contributed by atoms with E-state index in [0.717, 1.165) is 39.0 Å². The number of rotatable bonds is 6. The Balaban J connectivity index is 2.05. The number of hydrogen-bond donors (Lipinski definition) is 1. The van der Waals surface area contributed by atoms with Crippen molar-refractivity contribution in [3.05, 3.63) is 69.9 Å². The number of carbonyl (C=O) groups is 2. The van der Waals surface area contributed by atoms with Crippen LogP contribution in [0.4, 0.5) is 0 Å². The Morgan fingerprint density at radius 1 is 1.03 bits per heavy atom. The first-order valence-corrected chi connectivity index (χ1v) is 12.3. The Morgan fingerprint density at radius 2 is 1.70 bits per heavy atom. The first-order chi connectivity index (χ1) is 17.6. The van der Waals surface area contributed by atoms with E-state index in [2.05, 4.69) is 18.0 Å². The van der Waals surface area contributed by atoms with Crippen LogP contribution in [0.1, 0.15) is 44.7 Å². The van der Waals surface area contributed by atoms with Crippen LogP contribution in [0.2, 0.25) is 0 Å². The van der Waals surface area contributed by atoms with E-state index in [1.54, 1.807) is 21.3 Å². The van der Waals surface area contributed by atoms with Crippen molar-refractivity contribution in [1.29, 1.82) is 0 Å². The van der Waals surface area contributed by atoms with Crippen LogP contribution in [0.25, 0.3) is 5.57 Å². The summed E-state index contributed by atoms with van der Waals surface area (Å²) < 4.78 is 22.4. The Labute approximate surface area is 218 Å². The predicted octanol–water partition coefficient (Wildman–Crippen LogP) is 4.87. The highest BCUT2D eigenvalue weighted by molar-refractivity contribution is 5.97. The first-order valence-electron chi connectivity index (χ1n) is 12.3. The van der Waals surface area contributed by atoms with Crippen molar-refractivity contribution in [1.82, 2.24) is 5.32 Å². The molecule has 2 atom stereocenters. The monoisotopic (exact) mass is 505 g/mol. The fourth-order valence-electron chi connectivity index (χ4n) is 5.74. The van der Waals surface area contributed by atoms with Crippen molar-refractivity contribution in [2.75, 3.05) is 28.4 Å². The van der Waals surface area contributed by atoms with Gasteiger partial charge in [-0.2, -0.15) is 0 Å². The van der Waals surface area contributed by atoms with Crippen molar-refractivity contribution >= 4 is 17.4 Å². The molecule has 196 valence electrons. The van der Waals surface area contributed by atoms with Gasteiger partial charge >= 0.3 is 5.97 Å². The lowest BCUT2D eigenvalue weighted by molar-refractivity contribution is -0.137. The van der Waals surface area contributed by atoms with Crippen LogP contribution in [0.5, 0.6) is 17.2 Å². The van der Waals surface area contributed by atoms with Gasteiger partial charge < -0.3 is 24.3 Å². The Bertz CT molecular complexity index is 1310. The Hall–Kier alpha value is -3.74. The van der Waals surface area contributed by atoms with E-state index in [1.807, 2.05) is 32.1 Å². The van der Waals surface area contributed by atoms with Crippen molar-refractivity contribution in [3.63, 3.8) is 0 Å². The Morgan fingerprint density at radius 3 is 2.27 bits per heavy atom. The molecule has 1 N–H and O–H groups in total. The zero-order valence-corrected chi connectivity index (χ0v) is 22.7. The molecule has 0 fully saturated rings. The van der Waals surface area contributed by atoms with E-state index in [9.17, 15) is 9.59 Å². The van der Waals surface area contributed by atoms with Crippen LogP contribution in [0.3, 0.4) is 0 Å². The number of hydrogen-bond acceptors (Lipinski definition) is 6. The van der Waals surface area contributed by atoms with Gasteiger partial charge in [-0.25, -0.2) is 4.79 Å². The molecule has 7 nitrogen and oxygen atoms in total. The highest BCUT2D eigenvalue weighted by atomic mass is 16.5. The number of aryl methyl sites for hydroxylation is 1. The quantitative estimate of drug-likeness (QED) is 0.439. The zero-order chi connectivity index (χ0) is 27.1. The average molecular weight is 506 g/mol. The largest absolute Gasteiger partial charge is 0.493 e. The highest BCUT2D eigenvalue weighted by Crippen LogP contribution is 2.54. The third-order valence-corrected chi connectivity index (χ3v) is 7.74. The summed E-state index contributed by atoms with van der Waals surface area (Å²) in [5, 5.41) is 3.14. The second-order valence-corrected chi connectivity index (χ2v) is 9.91. The van der Waals surface area contributed by atoms with Gasteiger partial charge in [0.15, 0.2) is 11.5 Å². The van der Waals surface area contributed by atoms with Crippen molar-refractivity contribution in [2.24, 2.45) is 5.41 Å². The maximum Gasteiger partial charge on any atom is 0.335 e. The lowest BCUT2D eigenvalue weighted by atomic mass is 9.76. The Kier molecular flexibility index (Phi) is 7.09. The summed E-state index contributed by atoms with van der Waals surface area (Å²) in [7, 11) is 6.19. The number of benzene rings is 1. The average Bonchev–Trinajstić information content (AvgIpc) is 2.96. The SMILES string of the molecule is C=C(C)C1(C)CC2=CC3=C(C=CC2=C1C(=O)OC)c1c(cc(OC)c(OC)c1OC)CCC3NC(C)=O. The molecule has 0 radical (unpaired) electrons. The minimum atomic E-state index is -0.558. The predicted molar refractivity (Wildman–Crippen MR) is 143 cm³/mol. The van der Waals surface area contributed by atoms with Crippen LogP contribution in [0.15, 0.2) is 58.7 Å². The highest BCUT2D eigenvalue weighted by Gasteiger charge is 2.44. The van der Waals surface area contributed by atoms with Gasteiger partial charge in [0.05, 0.1) is 40.1 Å². The number of ether oxygens (including phenoxy) is 4. The molecule has 37 heavy (non-hydrogen) atoms. The molecule has 3 aliphatic rings. The van der Waals surface area contributed by atoms with Gasteiger partial charge in [0.25, 0.3) is 0 Å². The molecule has 7 heteroatoms. The maximum absolute atomic E-state index is 13.0. The van der Waals surface area contributed by atoms with E-state index in [1.165, 1.54) is 14.0 Å². The van der Waals surface area contributed by atoms with Crippen LogP contribution < -0.4 is 19.5 Å². The summed E-state index contributed by atoms with van der Waals surface area (Å²) in [6.45, 7) is 9.69. The van der Waals surface area contributed by atoms with Gasteiger partial charge in [0, 0.05) is 17.9 Å². The van der Waals surface area contributed by atoms with Gasteiger partial charge in [-0.1, -0.05) is 37.3 Å². The molecule has 0 heterocycles. The molecule has 0 saturated heterocycles. The van der Waals surface area contributed by atoms with Gasteiger partial charge in [-0.15, -0.1) is 0 Å². The van der Waals surface area contributed by atoms with Crippen LogP contribution in [-0.2, 0) is 20.7 Å². The summed E-state index contributed by atoms with van der Waals surface area (Å²) in [4.78, 5) is 25.3. The number of nitrogens with one attached hydrogen (secondary N) is 1. The van der Waals surface area contributed by atoms with Crippen molar-refractivity contribution < 1.29 is 28.5 Å². The summed E-state index contributed by atoms with van der Waals surface area (Å²) in [6, 6.07) is 1.73. The van der Waals surface area contributed by atoms with E-state index >= 15 is 0 Å². The van der Waals surface area contributed by atoms with Crippen molar-refractivity contribution in [3.8, 4) is 17.2 Å². The minimum Gasteiger partial charge on any atom is -0.493 e. The molecular formula is C30H35NO6. The van der Waals surface area contributed by atoms with E-state index < -0.39 is 5.41 Å². The molecule has 0 spiro atoms. The van der Waals surface area contributed by atoms with Crippen LogP contribution in [-0.4, -0.2) is 46.4 Å². The zero-order valence-electron chi connectivity index (χ0n) is 22.7. The van der Waals surface area contributed by atoms with E-state index in [-0.39, 0.29) is 17.9 Å². The molecule has 1 aromatic rings. The molecule has 0 aromatic heterocycles. The summed E-state index contributed by atoms with van der Waals surface area (Å²) >= 11 is 0. The number of fused-ring (bicyclic) bond motifs is 3. The van der Waals surface area contributed by atoms with Crippen molar-refractivity contribution in [2.45, 2.75) is 46.1 Å². The minimum absolute atomic E-state index is 0.110. The number of methoxy groups -OCH3 is 4. The molecule has 0 aliphatic heterocycles. The van der Waals surface area contributed by atoms with Gasteiger partial charge in [-0.3, -0.25) is 4.79 Å². The second-order valence-electron chi connectivity index (χ2n) is 9.91. The first kappa shape index (κ1) is 26.3. The normalized spacial score (nSPS) is 22.1. The molecule has 2 unspecified atom stereocenters. The molecule has 1 amide bonds. The molecule has 4 rings (SSSR count). The summed E-state index contributed by atoms with van der Waals surface area (Å²) in [5.41, 5.74) is 6.53. The van der Waals surface area contributed by atoms with Gasteiger partial charge in [0.1, 0.15) is 0 Å². The number of amides is 1. The topological polar surface area (TPSA) is 83.1 Å². The lowest BCUT2D eigenvalue weighted by Crippen LogP contribution is -2.34. The molecular weight excluding hydrogens is 470 g/mol. The molecule has 3 aliphatic carbocycles. The van der Waals surface area contributed by atoms with Gasteiger partial charge in [-0.05, 0) is 60.1 Å². The maximum atomic E-state index is 13.0. The molecule has 0 saturated carbocycles. The number of esters is 1. The summed E-state index contributed by atoms with van der Waals surface area (Å²) in [6.07, 6.45) is 8.09. The van der Waals surface area contributed by atoms with E-state index in [0.29, 0.717) is 42.1 Å². The second kappa shape index (κ2) is 9.96. The number of allylic oxidation sites excluding steroid dienone is 6. The molecule has 1 aromatic carbocycles. The third kappa shape index (κ3) is 4.26. The molecule has 0 bridgehead atoms.